The molecule has 31 heavy (non-hydrogen) atoms. The van der Waals surface area contributed by atoms with E-state index < -0.39 is 16.1 Å². The van der Waals surface area contributed by atoms with Gasteiger partial charge >= 0.3 is 0 Å². The molecule has 0 aliphatic carbocycles. The van der Waals surface area contributed by atoms with E-state index >= 15 is 0 Å². The Labute approximate surface area is 185 Å². The highest BCUT2D eigenvalue weighted by atomic mass is 32.2. The van der Waals surface area contributed by atoms with Gasteiger partial charge in [0.25, 0.3) is 5.91 Å². The fourth-order valence-electron chi connectivity index (χ4n) is 3.69. The first kappa shape index (κ1) is 23.3. The molecule has 0 aromatic heterocycles. The van der Waals surface area contributed by atoms with Crippen LogP contribution >= 0.6 is 0 Å². The fourth-order valence-corrected chi connectivity index (χ4v) is 5.21. The summed E-state index contributed by atoms with van der Waals surface area (Å²) in [6, 6.07) is 12.2. The molecule has 0 unspecified atom stereocenters. The van der Waals surface area contributed by atoms with Crippen LogP contribution in [-0.4, -0.2) is 37.8 Å². The first-order chi connectivity index (χ1) is 14.8. The number of hydrogen-bond acceptors (Lipinski definition) is 4. The van der Waals surface area contributed by atoms with Crippen molar-refractivity contribution >= 4 is 21.6 Å². The van der Waals surface area contributed by atoms with Crippen molar-refractivity contribution in [1.29, 1.82) is 0 Å². The van der Waals surface area contributed by atoms with Crippen LogP contribution in [0, 0.1) is 13.8 Å². The van der Waals surface area contributed by atoms with Gasteiger partial charge in [-0.2, -0.15) is 4.31 Å². The molecule has 1 N–H and O–H groups in total. The Morgan fingerprint density at radius 3 is 2.29 bits per heavy atom. The molecular formula is C24H32N2O4S. The lowest BCUT2D eigenvalue weighted by Crippen LogP contribution is -2.33. The summed E-state index contributed by atoms with van der Waals surface area (Å²) in [4.78, 5) is 13.0. The minimum Gasteiger partial charge on any atom is -0.480 e. The molecule has 7 heteroatoms. The lowest BCUT2D eigenvalue weighted by atomic mass is 10.1. The van der Waals surface area contributed by atoms with E-state index in [-0.39, 0.29) is 10.8 Å². The number of ether oxygens (including phenoxy) is 1. The van der Waals surface area contributed by atoms with Gasteiger partial charge in [-0.25, -0.2) is 8.42 Å². The molecule has 2 aromatic rings. The highest BCUT2D eigenvalue weighted by molar-refractivity contribution is 7.89. The molecule has 168 valence electrons. The average molecular weight is 445 g/mol. The van der Waals surface area contributed by atoms with Gasteiger partial charge in [0.1, 0.15) is 5.75 Å². The molecule has 6 nitrogen and oxygen atoms in total. The van der Waals surface area contributed by atoms with Gasteiger partial charge in [-0.3, -0.25) is 4.79 Å². The highest BCUT2D eigenvalue weighted by Crippen LogP contribution is 2.24. The van der Waals surface area contributed by atoms with E-state index in [4.69, 9.17) is 4.74 Å². The predicted octanol–water partition coefficient (Wildman–Crippen LogP) is 4.66. The summed E-state index contributed by atoms with van der Waals surface area (Å²) in [5.74, 6) is 0.437. The minimum atomic E-state index is -3.51. The summed E-state index contributed by atoms with van der Waals surface area (Å²) in [6.45, 7) is 7.00. The van der Waals surface area contributed by atoms with Gasteiger partial charge in [-0.15, -0.1) is 0 Å². The van der Waals surface area contributed by atoms with Gasteiger partial charge in [-0.05, 0) is 74.6 Å². The summed E-state index contributed by atoms with van der Waals surface area (Å²) in [5.41, 5.74) is 2.66. The van der Waals surface area contributed by atoms with Crippen LogP contribution in [0.15, 0.2) is 47.4 Å². The van der Waals surface area contributed by atoms with Gasteiger partial charge in [0.2, 0.25) is 10.0 Å². The summed E-state index contributed by atoms with van der Waals surface area (Å²) < 4.78 is 33.4. The highest BCUT2D eigenvalue weighted by Gasteiger charge is 2.25. The van der Waals surface area contributed by atoms with Gasteiger partial charge in [-0.1, -0.05) is 31.9 Å². The van der Waals surface area contributed by atoms with Gasteiger partial charge in [0.05, 0.1) is 4.90 Å². The Morgan fingerprint density at radius 1 is 1.03 bits per heavy atom. The summed E-state index contributed by atoms with van der Waals surface area (Å²) >= 11 is 0. The quantitative estimate of drug-likeness (QED) is 0.674. The van der Waals surface area contributed by atoms with Crippen molar-refractivity contribution < 1.29 is 17.9 Å². The van der Waals surface area contributed by atoms with Crippen LogP contribution in [0.5, 0.6) is 5.75 Å². The molecule has 1 aliphatic heterocycles. The largest absolute Gasteiger partial charge is 0.480 e. The van der Waals surface area contributed by atoms with E-state index in [9.17, 15) is 13.2 Å². The third-order valence-corrected chi connectivity index (χ3v) is 7.72. The SMILES string of the molecule is CC[C@H](Oc1cccc(C)c1C)C(=O)Nc1ccc(S(=O)(=O)N2CCCCCC2)cc1. The lowest BCUT2D eigenvalue weighted by Gasteiger charge is -2.21. The van der Waals surface area contributed by atoms with Crippen molar-refractivity contribution in [2.75, 3.05) is 18.4 Å². The molecular weight excluding hydrogens is 412 g/mol. The van der Waals surface area contributed by atoms with Crippen molar-refractivity contribution in [2.45, 2.75) is 63.9 Å². The van der Waals surface area contributed by atoms with Crippen molar-refractivity contribution in [3.8, 4) is 5.75 Å². The minimum absolute atomic E-state index is 0.256. The van der Waals surface area contributed by atoms with Crippen LogP contribution in [0.25, 0.3) is 0 Å². The van der Waals surface area contributed by atoms with E-state index in [1.54, 1.807) is 28.6 Å². The number of carbonyl (C=O) groups excluding carboxylic acids is 1. The van der Waals surface area contributed by atoms with E-state index in [0.29, 0.717) is 30.9 Å². The second-order valence-electron chi connectivity index (χ2n) is 8.04. The Kier molecular flexibility index (Phi) is 7.73. The number of nitrogens with one attached hydrogen (secondary N) is 1. The molecule has 1 atom stereocenters. The molecule has 3 rings (SSSR count). The van der Waals surface area contributed by atoms with Crippen LogP contribution in [0.1, 0.15) is 50.2 Å². The number of sulfonamides is 1. The van der Waals surface area contributed by atoms with Crippen molar-refractivity contribution in [3.63, 3.8) is 0 Å². The predicted molar refractivity (Wildman–Crippen MR) is 123 cm³/mol. The Hall–Kier alpha value is -2.38. The molecule has 2 aromatic carbocycles. The van der Waals surface area contributed by atoms with Crippen molar-refractivity contribution in [2.24, 2.45) is 0 Å². The van der Waals surface area contributed by atoms with Gasteiger partial charge in [0, 0.05) is 18.8 Å². The number of hydrogen-bond donors (Lipinski definition) is 1. The Balaban J connectivity index is 1.68. The van der Waals surface area contributed by atoms with Crippen LogP contribution < -0.4 is 10.1 Å². The smallest absolute Gasteiger partial charge is 0.265 e. The van der Waals surface area contributed by atoms with Crippen molar-refractivity contribution in [3.05, 3.63) is 53.6 Å². The molecule has 1 amide bonds. The van der Waals surface area contributed by atoms with Crippen LogP contribution in [0.3, 0.4) is 0 Å². The van der Waals surface area contributed by atoms with E-state index in [2.05, 4.69) is 5.32 Å². The third kappa shape index (κ3) is 5.66. The van der Waals surface area contributed by atoms with E-state index in [1.807, 2.05) is 39.0 Å². The zero-order valence-electron chi connectivity index (χ0n) is 18.6. The first-order valence-electron chi connectivity index (χ1n) is 11.0. The molecule has 1 heterocycles. The summed E-state index contributed by atoms with van der Waals surface area (Å²) in [5, 5.41) is 2.84. The fraction of sp³-hybridized carbons (Fsp3) is 0.458. The zero-order valence-corrected chi connectivity index (χ0v) is 19.4. The number of rotatable bonds is 7. The number of amides is 1. The standard InChI is InChI=1S/C24H32N2O4S/c1-4-22(30-23-11-9-10-18(2)19(23)3)24(27)25-20-12-14-21(15-13-20)31(28,29)26-16-7-5-6-8-17-26/h9-15,22H,4-8,16-17H2,1-3H3,(H,25,27)/t22-/m0/s1. The number of aryl methyl sites for hydroxylation is 1. The van der Waals surface area contributed by atoms with Crippen LogP contribution in [-0.2, 0) is 14.8 Å². The summed E-state index contributed by atoms with van der Waals surface area (Å²) in [6.07, 6.45) is 3.80. The first-order valence-corrected chi connectivity index (χ1v) is 12.4. The molecule has 0 radical (unpaired) electrons. The monoisotopic (exact) mass is 444 g/mol. The second-order valence-corrected chi connectivity index (χ2v) is 9.98. The van der Waals surface area contributed by atoms with E-state index in [0.717, 1.165) is 36.8 Å². The third-order valence-electron chi connectivity index (χ3n) is 5.81. The molecule has 0 bridgehead atoms. The van der Waals surface area contributed by atoms with Crippen LogP contribution in [0.2, 0.25) is 0 Å². The maximum Gasteiger partial charge on any atom is 0.265 e. The maximum atomic E-state index is 12.9. The topological polar surface area (TPSA) is 75.7 Å². The normalized spacial score (nSPS) is 16.4. The second kappa shape index (κ2) is 10.3. The molecule has 0 spiro atoms. The average Bonchev–Trinajstić information content (AvgIpc) is 3.05. The zero-order chi connectivity index (χ0) is 22.4. The van der Waals surface area contributed by atoms with E-state index in [1.165, 1.54) is 0 Å². The lowest BCUT2D eigenvalue weighted by molar-refractivity contribution is -0.122. The summed E-state index contributed by atoms with van der Waals surface area (Å²) in [7, 11) is -3.51. The molecule has 1 fully saturated rings. The molecule has 1 saturated heterocycles. The van der Waals surface area contributed by atoms with Crippen molar-refractivity contribution in [1.82, 2.24) is 4.31 Å². The number of nitrogens with zero attached hydrogens (tertiary/aromatic N) is 1. The van der Waals surface area contributed by atoms with Gasteiger partial charge < -0.3 is 10.1 Å². The molecule has 0 saturated carbocycles. The van der Waals surface area contributed by atoms with Gasteiger partial charge in [0.15, 0.2) is 6.10 Å². The number of anilines is 1. The Morgan fingerprint density at radius 2 is 1.68 bits per heavy atom. The maximum absolute atomic E-state index is 12.9. The Bertz CT molecular complexity index is 995. The molecule has 1 aliphatic rings. The number of carbonyl (C=O) groups is 1. The van der Waals surface area contributed by atoms with Crippen LogP contribution in [0.4, 0.5) is 5.69 Å². The number of benzene rings is 2.